The Morgan fingerprint density at radius 3 is 1.84 bits per heavy atom. The van der Waals surface area contributed by atoms with E-state index < -0.39 is 213 Å². The van der Waals surface area contributed by atoms with Gasteiger partial charge < -0.3 is 112 Å². The largest absolute Gasteiger partial charge is 0.508 e. The van der Waals surface area contributed by atoms with Crippen molar-refractivity contribution in [2.45, 2.75) is 197 Å². The van der Waals surface area contributed by atoms with Gasteiger partial charge in [0.2, 0.25) is 59.3 Å². The first-order valence-electron chi connectivity index (χ1n) is 35.0. The number of unbranched alkanes of at least 4 members (excludes halogenated alkanes) is 3. The number of fused-ring (bicyclic) bond motifs is 15. The highest BCUT2D eigenvalue weighted by molar-refractivity contribution is 6.32. The fraction of sp³-hybridized carbons (Fsp3) is 0.473. The Bertz CT molecular complexity index is 4250. The summed E-state index contributed by atoms with van der Waals surface area (Å²) in [5.74, 6) is -14.6. The monoisotopic (exact) mass is 1540 g/mol. The maximum absolute atomic E-state index is 16.3. The van der Waals surface area contributed by atoms with Crippen molar-refractivity contribution in [3.05, 3.63) is 117 Å². The Morgan fingerprint density at radius 1 is 0.648 bits per heavy atom. The summed E-state index contributed by atoms with van der Waals surface area (Å²) >= 11 is 14.2. The smallest absolute Gasteiger partial charge is 0.410 e. The van der Waals surface area contributed by atoms with Crippen LogP contribution in [0.25, 0.3) is 11.1 Å². The molecule has 108 heavy (non-hydrogen) atoms. The number of nitrogens with one attached hydrogen (secondary N) is 8. The van der Waals surface area contributed by atoms with Gasteiger partial charge in [-0.05, 0) is 143 Å². The van der Waals surface area contributed by atoms with Gasteiger partial charge in [-0.15, -0.1) is 0 Å². The maximum Gasteiger partial charge on any atom is 0.410 e. The zero-order valence-electron chi connectivity index (χ0n) is 60.8. The first kappa shape index (κ1) is 82.3. The highest BCUT2D eigenvalue weighted by Crippen LogP contribution is 2.49. The molecular weight excluding hydrogens is 1450 g/mol. The topological polar surface area (TPSA) is 481 Å². The van der Waals surface area contributed by atoms with Gasteiger partial charge in [0.1, 0.15) is 113 Å². The van der Waals surface area contributed by atoms with Gasteiger partial charge in [-0.3, -0.25) is 43.3 Å². The summed E-state index contributed by atoms with van der Waals surface area (Å²) < 4.78 is 30.9. The van der Waals surface area contributed by atoms with Crippen molar-refractivity contribution < 1.29 is 113 Å². The van der Waals surface area contributed by atoms with Gasteiger partial charge in [-0.25, -0.2) is 4.79 Å². The molecule has 0 aliphatic carbocycles. The minimum atomic E-state index is -2.33. The standard InChI is InChI=1S/C74H91Cl2N9O23/c1-11-12-13-14-21-77-51(90)30-42-64(96)79-54-36-26-48(104-46-19-16-34(24-40(46)75)58(91)56(68(100)78-42)82-65(97)43(22-32(2)3)85(10)72(103)108-74(7,8)9)63(107-71-62(95)61(94)60(93)50(31-86)106-71)49(27-36)105-47-20-17-35(25-41(47)76)59(92)57-69(101)81-55(70(102)84-73(4,5)6)39-28-37(87)29-45(89)52(39)38-23-33(15-18-44(38)88)53(66(98)83-57)80-67(54)99/h15-20,23-29,32,42-43,50,53-62,71,86-89,91-95H,11-14,21-22,30-31H2,1-10H3,(H,77,90)(H,78,100)(H,79,96)(H,80,99)(H,81,101)(H,82,97)(H,83,98)(H,84,102)/t42?,43-,50-,53-,54?,55-,56?,57+,58-,59-,60-,61+,62-,71-/m1/s1. The van der Waals surface area contributed by atoms with Gasteiger partial charge in [0, 0.05) is 36.3 Å². The Kier molecular flexibility index (Phi) is 26.1. The molecule has 1 saturated heterocycles. The van der Waals surface area contributed by atoms with Crippen LogP contribution >= 0.6 is 23.2 Å². The molecule has 0 saturated carbocycles. The van der Waals surface area contributed by atoms with Gasteiger partial charge >= 0.3 is 6.09 Å². The van der Waals surface area contributed by atoms with Gasteiger partial charge in [-0.1, -0.05) is 81.4 Å². The SMILES string of the molecule is CCCCCCNC(=O)CC1NC(=O)C(NC(=O)[C@@H](CC(C)C)N(C)C(=O)OC(C)(C)C)[C@H](O)c2ccc(c(Cl)c2)Oc2cc3cc(c2O[C@H]2O[C@H](CO)[C@@H](O)[C@H](O)[C@H]2O)Oc2ccc(cc2Cl)[C@@H](O)[C@@H]2NC(=O)[C@H](NC(=O)C3NC1=O)c1ccc(O)c(c1)-c1c(O)cc(O)cc1[C@H](C(=O)NC(C)(C)C)NC2=O. The highest BCUT2D eigenvalue weighted by Gasteiger charge is 2.47. The van der Waals surface area contributed by atoms with Gasteiger partial charge in [0.15, 0.2) is 11.5 Å². The number of aliphatic hydroxyl groups is 6. The van der Waals surface area contributed by atoms with Crippen LogP contribution < -0.4 is 56.7 Å². The van der Waals surface area contributed by atoms with Gasteiger partial charge in [0.25, 0.3) is 0 Å². The first-order valence-corrected chi connectivity index (χ1v) is 35.7. The molecule has 5 aromatic carbocycles. The Balaban J connectivity index is 1.32. The molecule has 5 aromatic rings. The molecule has 6 heterocycles. The molecule has 9 amide bonds. The third-order valence-corrected chi connectivity index (χ3v) is 18.6. The van der Waals surface area contributed by atoms with Crippen LogP contribution in [0.3, 0.4) is 0 Å². The molecule has 0 spiro atoms. The number of hydrogen-bond donors (Lipinski definition) is 17. The molecular formula is C74H91Cl2N9O23. The summed E-state index contributed by atoms with van der Waals surface area (Å²) in [5, 5.41) is 124. The van der Waals surface area contributed by atoms with Crippen molar-refractivity contribution in [2.24, 2.45) is 5.92 Å². The Labute approximate surface area is 631 Å². The van der Waals surface area contributed by atoms with E-state index in [2.05, 4.69) is 42.5 Å². The highest BCUT2D eigenvalue weighted by atomic mass is 35.5. The van der Waals surface area contributed by atoms with Crippen LogP contribution in [-0.2, 0) is 47.8 Å². The number of aliphatic hydroxyl groups excluding tert-OH is 6. The van der Waals surface area contributed by atoms with Crippen molar-refractivity contribution >= 4 is 76.6 Å². The number of aromatic hydroxyl groups is 3. The van der Waals surface area contributed by atoms with E-state index in [0.717, 1.165) is 78.4 Å². The van der Waals surface area contributed by atoms with Crippen LogP contribution in [-0.4, -0.2) is 190 Å². The van der Waals surface area contributed by atoms with E-state index in [0.29, 0.717) is 12.8 Å². The summed E-state index contributed by atoms with van der Waals surface area (Å²) in [7, 11) is 1.29. The van der Waals surface area contributed by atoms with Crippen molar-refractivity contribution in [3.8, 4) is 57.1 Å². The third-order valence-electron chi connectivity index (χ3n) is 18.0. The molecule has 0 radical (unpaired) electrons. The van der Waals surface area contributed by atoms with Crippen LogP contribution in [0.1, 0.15) is 159 Å². The summed E-state index contributed by atoms with van der Waals surface area (Å²) in [6.07, 6.45) is -13.4. The number of carbonyl (C=O) groups excluding carboxylic acids is 9. The van der Waals surface area contributed by atoms with Crippen LogP contribution in [0.5, 0.6) is 46.0 Å². The number of rotatable bonds is 16. The van der Waals surface area contributed by atoms with Crippen LogP contribution in [0.2, 0.25) is 10.0 Å². The van der Waals surface area contributed by atoms with E-state index in [1.807, 2.05) is 6.92 Å². The number of amides is 9. The van der Waals surface area contributed by atoms with Gasteiger partial charge in [-0.2, -0.15) is 0 Å². The van der Waals surface area contributed by atoms with E-state index in [1.54, 1.807) is 55.4 Å². The van der Waals surface area contributed by atoms with Crippen molar-refractivity contribution in [1.82, 2.24) is 47.4 Å². The second-order valence-electron chi connectivity index (χ2n) is 29.3. The van der Waals surface area contributed by atoms with Crippen molar-refractivity contribution in [1.29, 1.82) is 0 Å². The number of carbonyl (C=O) groups is 9. The van der Waals surface area contributed by atoms with E-state index in [4.69, 9.17) is 46.9 Å². The Morgan fingerprint density at radius 2 is 1.25 bits per heavy atom. The molecule has 3 unspecified atom stereocenters. The molecule has 11 bridgehead atoms. The number of likely N-dealkylation sites (N-methyl/N-ethyl adjacent to an activating group) is 1. The normalized spacial score (nSPS) is 24.2. The lowest BCUT2D eigenvalue weighted by molar-refractivity contribution is -0.277. The third kappa shape index (κ3) is 19.4. The van der Waals surface area contributed by atoms with E-state index in [-0.39, 0.29) is 63.2 Å². The average molecular weight is 1550 g/mol. The number of halogens is 2. The number of ether oxygens (including phenoxy) is 5. The molecule has 584 valence electrons. The molecule has 17 N–H and O–H groups in total. The van der Waals surface area contributed by atoms with E-state index in [1.165, 1.54) is 25.2 Å². The quantitative estimate of drug-likeness (QED) is 0.0602. The molecule has 6 aliphatic heterocycles. The number of benzene rings is 5. The number of phenols is 3. The van der Waals surface area contributed by atoms with E-state index in [9.17, 15) is 65.1 Å². The maximum atomic E-state index is 16.3. The average Bonchev–Trinajstić information content (AvgIpc) is 0.766. The lowest BCUT2D eigenvalue weighted by atomic mass is 9.89. The molecule has 1 fully saturated rings. The number of hydrogen-bond acceptors (Lipinski definition) is 23. The molecule has 6 aliphatic rings. The van der Waals surface area contributed by atoms with Crippen LogP contribution in [0, 0.1) is 5.92 Å². The van der Waals surface area contributed by atoms with Crippen molar-refractivity contribution in [2.75, 3.05) is 20.2 Å². The zero-order valence-corrected chi connectivity index (χ0v) is 62.3. The number of nitrogens with zero attached hydrogens (tertiary/aromatic N) is 1. The lowest BCUT2D eigenvalue weighted by Gasteiger charge is -2.39. The van der Waals surface area contributed by atoms with E-state index >= 15 is 24.0 Å². The Hall–Kier alpha value is -9.77. The van der Waals surface area contributed by atoms with Crippen molar-refractivity contribution in [3.63, 3.8) is 0 Å². The molecule has 11 rings (SSSR count). The number of phenolic OH excluding ortho intramolecular Hbond substituents is 3. The minimum absolute atomic E-state index is 0.0410. The summed E-state index contributed by atoms with van der Waals surface area (Å²) in [5.41, 5.74) is -4.41. The fourth-order valence-electron chi connectivity index (χ4n) is 12.5. The zero-order chi connectivity index (χ0) is 79.3. The van der Waals surface area contributed by atoms with Gasteiger partial charge in [0.05, 0.1) is 23.1 Å². The second-order valence-corrected chi connectivity index (χ2v) is 30.1. The molecule has 0 aromatic heterocycles. The predicted octanol–water partition coefficient (Wildman–Crippen LogP) is 4.56. The predicted molar refractivity (Wildman–Crippen MR) is 386 cm³/mol. The summed E-state index contributed by atoms with van der Waals surface area (Å²) in [4.78, 5) is 137. The van der Waals surface area contributed by atoms with Crippen LogP contribution in [0.15, 0.2) is 78.9 Å². The molecule has 34 heteroatoms. The lowest BCUT2D eigenvalue weighted by Crippen LogP contribution is -2.60. The first-order chi connectivity index (χ1) is 50.8. The fourth-order valence-corrected chi connectivity index (χ4v) is 13.0. The second kappa shape index (κ2) is 34.2. The summed E-state index contributed by atoms with van der Waals surface area (Å²) in [6, 6.07) is -0.206. The van der Waals surface area contributed by atoms with Crippen LogP contribution in [0.4, 0.5) is 4.79 Å². The minimum Gasteiger partial charge on any atom is -0.508 e. The molecule has 32 nitrogen and oxygen atoms in total. The molecule has 14 atom stereocenters. The summed E-state index contributed by atoms with van der Waals surface area (Å²) in [6.45, 7) is 14.2.